The molecule has 2 unspecified atom stereocenters. The van der Waals surface area contributed by atoms with Gasteiger partial charge in [0.15, 0.2) is 5.96 Å². The number of hydrogen-bond donors (Lipinski definition) is 1. The summed E-state index contributed by atoms with van der Waals surface area (Å²) >= 11 is 0. The molecule has 1 aromatic carbocycles. The number of hydrogen-bond acceptors (Lipinski definition) is 4. The van der Waals surface area contributed by atoms with Crippen LogP contribution in [0.2, 0.25) is 0 Å². The molecule has 0 radical (unpaired) electrons. The third kappa shape index (κ3) is 7.70. The van der Waals surface area contributed by atoms with Crippen LogP contribution in [0.1, 0.15) is 18.9 Å². The first-order valence-corrected chi connectivity index (χ1v) is 10.7. The van der Waals surface area contributed by atoms with Crippen LogP contribution < -0.4 is 5.32 Å². The quantitative estimate of drug-likeness (QED) is 0.343. The first-order chi connectivity index (χ1) is 13.7. The average molecular weight is 515 g/mol. The molecule has 2 aliphatic heterocycles. The Bertz CT molecular complexity index is 614. The van der Waals surface area contributed by atoms with Gasteiger partial charge < -0.3 is 19.9 Å². The number of benzene rings is 1. The molecule has 164 valence electrons. The third-order valence-corrected chi connectivity index (χ3v) is 5.82. The van der Waals surface area contributed by atoms with Gasteiger partial charge in [-0.15, -0.1) is 24.0 Å². The van der Waals surface area contributed by atoms with Crippen molar-refractivity contribution in [3.63, 3.8) is 0 Å². The Morgan fingerprint density at radius 2 is 1.93 bits per heavy atom. The van der Waals surface area contributed by atoms with Crippen LogP contribution in [0.3, 0.4) is 0 Å². The minimum Gasteiger partial charge on any atom is -0.376 e. The highest BCUT2D eigenvalue weighted by Crippen LogP contribution is 2.18. The molecule has 29 heavy (non-hydrogen) atoms. The number of guanidine groups is 1. The van der Waals surface area contributed by atoms with E-state index in [1.165, 1.54) is 12.0 Å². The van der Waals surface area contributed by atoms with Gasteiger partial charge in [-0.3, -0.25) is 9.89 Å². The number of nitrogens with one attached hydrogen (secondary N) is 1. The van der Waals surface area contributed by atoms with E-state index in [-0.39, 0.29) is 24.0 Å². The molecule has 0 bridgehead atoms. The fraction of sp³-hybridized carbons (Fsp3) is 0.682. The molecular weight excluding hydrogens is 477 g/mol. The van der Waals surface area contributed by atoms with Crippen LogP contribution in [0.5, 0.6) is 0 Å². The van der Waals surface area contributed by atoms with E-state index in [4.69, 9.17) is 9.73 Å². The van der Waals surface area contributed by atoms with Gasteiger partial charge in [-0.1, -0.05) is 30.3 Å². The van der Waals surface area contributed by atoms with Crippen LogP contribution in [-0.2, 0) is 11.3 Å². The Morgan fingerprint density at radius 3 is 2.69 bits per heavy atom. The van der Waals surface area contributed by atoms with Gasteiger partial charge in [0.05, 0.1) is 19.8 Å². The van der Waals surface area contributed by atoms with E-state index >= 15 is 0 Å². The van der Waals surface area contributed by atoms with Crippen molar-refractivity contribution in [2.24, 2.45) is 10.9 Å². The maximum Gasteiger partial charge on any atom is 0.193 e. The Balaban J connectivity index is 0.00000300. The summed E-state index contributed by atoms with van der Waals surface area (Å²) in [5, 5.41) is 3.50. The minimum atomic E-state index is 0. The lowest BCUT2D eigenvalue weighted by molar-refractivity contribution is 0.0906. The summed E-state index contributed by atoms with van der Waals surface area (Å²) in [4.78, 5) is 12.2. The van der Waals surface area contributed by atoms with Crippen LogP contribution in [0.15, 0.2) is 35.3 Å². The van der Waals surface area contributed by atoms with Gasteiger partial charge in [0, 0.05) is 51.2 Å². The number of piperazine rings is 1. The van der Waals surface area contributed by atoms with Gasteiger partial charge in [-0.25, -0.2) is 0 Å². The van der Waals surface area contributed by atoms with Gasteiger partial charge in [0.1, 0.15) is 0 Å². The summed E-state index contributed by atoms with van der Waals surface area (Å²) in [6.07, 6.45) is 1.17. The maximum absolute atomic E-state index is 5.97. The molecule has 2 saturated heterocycles. The number of rotatable bonds is 7. The van der Waals surface area contributed by atoms with Gasteiger partial charge in [0.2, 0.25) is 0 Å². The normalized spacial score (nSPS) is 23.8. The van der Waals surface area contributed by atoms with Gasteiger partial charge >= 0.3 is 0 Å². The number of halogens is 1. The van der Waals surface area contributed by atoms with Gasteiger partial charge in [-0.05, 0) is 33.0 Å². The van der Waals surface area contributed by atoms with Crippen molar-refractivity contribution in [2.75, 3.05) is 66.5 Å². The molecule has 7 heteroatoms. The van der Waals surface area contributed by atoms with Crippen molar-refractivity contribution in [2.45, 2.75) is 26.0 Å². The second kappa shape index (κ2) is 12.7. The van der Waals surface area contributed by atoms with E-state index in [0.717, 1.165) is 58.4 Å². The van der Waals surface area contributed by atoms with E-state index < -0.39 is 0 Å². The predicted molar refractivity (Wildman–Crippen MR) is 131 cm³/mol. The van der Waals surface area contributed by atoms with E-state index in [1.54, 1.807) is 0 Å². The van der Waals surface area contributed by atoms with Crippen molar-refractivity contribution in [3.8, 4) is 0 Å². The van der Waals surface area contributed by atoms with Crippen LogP contribution in [0.4, 0.5) is 0 Å². The standard InChI is InChI=1S/C22H37N5O.HI/c1-4-23-22(24-14-21-16-25(2)12-13-26(21)3)27-11-10-20(15-27)18-28-17-19-8-6-5-7-9-19;/h5-9,20-21H,4,10-18H2,1-3H3,(H,23,24);1H. The zero-order valence-corrected chi connectivity index (χ0v) is 20.5. The lowest BCUT2D eigenvalue weighted by Crippen LogP contribution is -2.51. The molecule has 2 atom stereocenters. The van der Waals surface area contributed by atoms with E-state index in [9.17, 15) is 0 Å². The van der Waals surface area contributed by atoms with Crippen molar-refractivity contribution < 1.29 is 4.74 Å². The number of ether oxygens (including phenoxy) is 1. The summed E-state index contributed by atoms with van der Waals surface area (Å²) in [6.45, 7) is 10.9. The third-order valence-electron chi connectivity index (χ3n) is 5.82. The number of nitrogens with zero attached hydrogens (tertiary/aromatic N) is 4. The highest BCUT2D eigenvalue weighted by molar-refractivity contribution is 14.0. The zero-order chi connectivity index (χ0) is 19.8. The summed E-state index contributed by atoms with van der Waals surface area (Å²) in [7, 11) is 4.42. The molecule has 3 rings (SSSR count). The summed E-state index contributed by atoms with van der Waals surface area (Å²) in [5.74, 6) is 1.64. The number of likely N-dealkylation sites (N-methyl/N-ethyl adjacent to an activating group) is 2. The molecule has 6 nitrogen and oxygen atoms in total. The predicted octanol–water partition coefficient (Wildman–Crippen LogP) is 2.35. The van der Waals surface area contributed by atoms with Crippen molar-refractivity contribution in [3.05, 3.63) is 35.9 Å². The lowest BCUT2D eigenvalue weighted by atomic mass is 10.1. The second-order valence-electron chi connectivity index (χ2n) is 8.19. The summed E-state index contributed by atoms with van der Waals surface area (Å²) < 4.78 is 5.97. The highest BCUT2D eigenvalue weighted by Gasteiger charge is 2.26. The van der Waals surface area contributed by atoms with Crippen molar-refractivity contribution in [1.82, 2.24) is 20.0 Å². The maximum atomic E-state index is 5.97. The molecule has 0 aromatic heterocycles. The molecule has 0 amide bonds. The van der Waals surface area contributed by atoms with Crippen LogP contribution in [0.25, 0.3) is 0 Å². The molecule has 1 N–H and O–H groups in total. The van der Waals surface area contributed by atoms with Gasteiger partial charge in [-0.2, -0.15) is 0 Å². The Kier molecular flexibility index (Phi) is 10.7. The van der Waals surface area contributed by atoms with Crippen molar-refractivity contribution >= 4 is 29.9 Å². The first-order valence-electron chi connectivity index (χ1n) is 10.7. The molecular formula is C22H38IN5O. The molecule has 1 aromatic rings. The fourth-order valence-corrected chi connectivity index (χ4v) is 3.99. The highest BCUT2D eigenvalue weighted by atomic mass is 127. The molecule has 0 aliphatic carbocycles. The van der Waals surface area contributed by atoms with E-state index in [0.29, 0.717) is 18.6 Å². The Hall–Kier alpha value is -0.900. The molecule has 2 heterocycles. The molecule has 2 aliphatic rings. The monoisotopic (exact) mass is 515 g/mol. The smallest absolute Gasteiger partial charge is 0.193 e. The van der Waals surface area contributed by atoms with Crippen LogP contribution in [0, 0.1) is 5.92 Å². The zero-order valence-electron chi connectivity index (χ0n) is 18.2. The molecule has 0 spiro atoms. The molecule has 0 saturated carbocycles. The Morgan fingerprint density at radius 1 is 1.14 bits per heavy atom. The Labute approximate surface area is 193 Å². The number of aliphatic imine (C=N–C) groups is 1. The van der Waals surface area contributed by atoms with E-state index in [2.05, 4.69) is 65.3 Å². The van der Waals surface area contributed by atoms with Crippen LogP contribution in [-0.4, -0.2) is 93.2 Å². The minimum absolute atomic E-state index is 0. The van der Waals surface area contributed by atoms with E-state index in [1.807, 2.05) is 6.07 Å². The van der Waals surface area contributed by atoms with Crippen LogP contribution >= 0.6 is 24.0 Å². The topological polar surface area (TPSA) is 43.3 Å². The number of likely N-dealkylation sites (tertiary alicyclic amines) is 1. The van der Waals surface area contributed by atoms with Gasteiger partial charge in [0.25, 0.3) is 0 Å². The lowest BCUT2D eigenvalue weighted by Gasteiger charge is -2.37. The average Bonchev–Trinajstić information content (AvgIpc) is 3.17. The fourth-order valence-electron chi connectivity index (χ4n) is 3.99. The first kappa shape index (κ1) is 24.4. The second-order valence-corrected chi connectivity index (χ2v) is 8.19. The van der Waals surface area contributed by atoms with Crippen molar-refractivity contribution in [1.29, 1.82) is 0 Å². The largest absolute Gasteiger partial charge is 0.376 e. The SMILES string of the molecule is CCNC(=NCC1CN(C)CCN1C)N1CCC(COCc2ccccc2)C1.I. The summed E-state index contributed by atoms with van der Waals surface area (Å²) in [5.41, 5.74) is 1.24. The molecule has 2 fully saturated rings. The summed E-state index contributed by atoms with van der Waals surface area (Å²) in [6, 6.07) is 10.9.